The third-order valence-electron chi connectivity index (χ3n) is 5.03. The zero-order valence-corrected chi connectivity index (χ0v) is 15.1. The van der Waals surface area contributed by atoms with E-state index in [0.717, 1.165) is 5.69 Å². The lowest BCUT2D eigenvalue weighted by atomic mass is 10.1. The maximum absolute atomic E-state index is 6.04. The quantitative estimate of drug-likeness (QED) is 0.685. The summed E-state index contributed by atoms with van der Waals surface area (Å²) >= 11 is 0. The highest BCUT2D eigenvalue weighted by Crippen LogP contribution is 2.36. The molecule has 9 nitrogen and oxygen atoms in total. The fourth-order valence-corrected chi connectivity index (χ4v) is 3.66. The second-order valence-electron chi connectivity index (χ2n) is 6.79. The zero-order valence-electron chi connectivity index (χ0n) is 15.1. The first-order chi connectivity index (χ1) is 13.9. The predicted octanol–water partition coefficient (Wildman–Crippen LogP) is 1.36. The summed E-state index contributed by atoms with van der Waals surface area (Å²) in [6, 6.07) is 15.6. The van der Waals surface area contributed by atoms with E-state index in [1.807, 2.05) is 48.5 Å². The summed E-state index contributed by atoms with van der Waals surface area (Å²) in [5.41, 5.74) is 0.986. The Bertz CT molecular complexity index is 906. The monoisotopic (exact) mass is 380 g/mol. The van der Waals surface area contributed by atoms with E-state index < -0.39 is 0 Å². The molecular formula is C19H20N6O3. The van der Waals surface area contributed by atoms with Gasteiger partial charge in [-0.25, -0.2) is 0 Å². The first-order valence-corrected chi connectivity index (χ1v) is 9.26. The van der Waals surface area contributed by atoms with E-state index in [-0.39, 0.29) is 24.3 Å². The summed E-state index contributed by atoms with van der Waals surface area (Å²) in [6.07, 6.45) is 1.59. The first kappa shape index (κ1) is 17.2. The number of para-hydroxylation sites is 1. The smallest absolute Gasteiger partial charge is 0.341 e. The Morgan fingerprint density at radius 1 is 1.04 bits per heavy atom. The fraction of sp³-hybridized carbons (Fsp3) is 0.368. The van der Waals surface area contributed by atoms with Crippen molar-refractivity contribution >= 4 is 0 Å². The highest BCUT2D eigenvalue weighted by Gasteiger charge is 2.49. The van der Waals surface area contributed by atoms with E-state index in [1.165, 1.54) is 0 Å². The van der Waals surface area contributed by atoms with Crippen molar-refractivity contribution in [3.05, 3.63) is 60.4 Å². The standard InChI is InChI=1S/C19H20N6O3/c1-2-7-14(8-3-1)28-19-22-23-24-25(19)16-12-27-17-15(11-26-18(16)17)21-10-13-6-4-5-9-20-13/h1-9,15-18,21H,10-12H2. The SMILES string of the molecule is c1ccc(Oc2nnnn2C2COC3C(NCc4ccccn4)COC32)cc1. The van der Waals surface area contributed by atoms with Gasteiger partial charge in [0.25, 0.3) is 0 Å². The number of nitrogens with one attached hydrogen (secondary N) is 1. The second-order valence-corrected chi connectivity index (χ2v) is 6.79. The highest BCUT2D eigenvalue weighted by atomic mass is 16.6. The molecule has 0 radical (unpaired) electrons. The summed E-state index contributed by atoms with van der Waals surface area (Å²) < 4.78 is 19.6. The van der Waals surface area contributed by atoms with Crippen molar-refractivity contribution in [2.24, 2.45) is 0 Å². The van der Waals surface area contributed by atoms with Crippen molar-refractivity contribution in [3.63, 3.8) is 0 Å². The Hall–Kier alpha value is -2.88. The minimum Gasteiger partial charge on any atom is -0.423 e. The van der Waals surface area contributed by atoms with E-state index in [1.54, 1.807) is 10.9 Å². The first-order valence-electron chi connectivity index (χ1n) is 9.26. The van der Waals surface area contributed by atoms with Gasteiger partial charge in [-0.2, -0.15) is 4.68 Å². The molecule has 4 unspecified atom stereocenters. The number of aromatic nitrogens is 5. The molecule has 1 aromatic carbocycles. The lowest BCUT2D eigenvalue weighted by molar-refractivity contribution is 0.0611. The molecular weight excluding hydrogens is 360 g/mol. The third-order valence-corrected chi connectivity index (χ3v) is 5.03. The van der Waals surface area contributed by atoms with Crippen LogP contribution in [0.3, 0.4) is 0 Å². The van der Waals surface area contributed by atoms with Gasteiger partial charge in [0, 0.05) is 12.7 Å². The minimum atomic E-state index is -0.139. The lowest BCUT2D eigenvalue weighted by Crippen LogP contribution is -2.40. The Kier molecular flexibility index (Phi) is 4.69. The van der Waals surface area contributed by atoms with E-state index in [4.69, 9.17) is 14.2 Å². The van der Waals surface area contributed by atoms with Crippen molar-refractivity contribution < 1.29 is 14.2 Å². The predicted molar refractivity (Wildman–Crippen MR) is 97.7 cm³/mol. The van der Waals surface area contributed by atoms with Crippen LogP contribution in [0.15, 0.2) is 54.7 Å². The van der Waals surface area contributed by atoms with Crippen LogP contribution in [0.25, 0.3) is 0 Å². The zero-order chi connectivity index (χ0) is 18.8. The molecule has 4 atom stereocenters. The Labute approximate surface area is 161 Å². The summed E-state index contributed by atoms with van der Waals surface area (Å²) in [4.78, 5) is 4.34. The van der Waals surface area contributed by atoms with Gasteiger partial charge in [0.05, 0.1) is 24.9 Å². The molecule has 0 bridgehead atoms. The number of rotatable bonds is 6. The van der Waals surface area contributed by atoms with Crippen LogP contribution < -0.4 is 10.1 Å². The Morgan fingerprint density at radius 3 is 2.75 bits per heavy atom. The van der Waals surface area contributed by atoms with Crippen LogP contribution in [0, 0.1) is 0 Å². The van der Waals surface area contributed by atoms with Gasteiger partial charge in [0.1, 0.15) is 24.0 Å². The van der Waals surface area contributed by atoms with Crippen LogP contribution >= 0.6 is 0 Å². The van der Waals surface area contributed by atoms with Crippen LogP contribution in [0.2, 0.25) is 0 Å². The Balaban J connectivity index is 1.26. The van der Waals surface area contributed by atoms with Gasteiger partial charge in [0.2, 0.25) is 0 Å². The van der Waals surface area contributed by atoms with Crippen molar-refractivity contribution in [1.82, 2.24) is 30.5 Å². The average Bonchev–Trinajstić information content (AvgIpc) is 3.45. The largest absolute Gasteiger partial charge is 0.423 e. The van der Waals surface area contributed by atoms with E-state index in [9.17, 15) is 0 Å². The van der Waals surface area contributed by atoms with Crippen LogP contribution in [0.5, 0.6) is 11.8 Å². The highest BCUT2D eigenvalue weighted by molar-refractivity contribution is 5.24. The molecule has 2 aliphatic heterocycles. The van der Waals surface area contributed by atoms with Gasteiger partial charge in [-0.1, -0.05) is 29.4 Å². The summed E-state index contributed by atoms with van der Waals surface area (Å²) in [7, 11) is 0. The van der Waals surface area contributed by atoms with Gasteiger partial charge < -0.3 is 19.5 Å². The van der Waals surface area contributed by atoms with Gasteiger partial charge in [0.15, 0.2) is 0 Å². The molecule has 0 amide bonds. The number of tetrazole rings is 1. The van der Waals surface area contributed by atoms with Crippen molar-refractivity contribution in [2.45, 2.75) is 30.8 Å². The summed E-state index contributed by atoms with van der Waals surface area (Å²) in [6.45, 7) is 1.70. The molecule has 0 spiro atoms. The molecule has 2 aliphatic rings. The number of fused-ring (bicyclic) bond motifs is 1. The van der Waals surface area contributed by atoms with Gasteiger partial charge in [-0.15, -0.1) is 0 Å². The average molecular weight is 380 g/mol. The van der Waals surface area contributed by atoms with E-state index in [0.29, 0.717) is 31.5 Å². The third kappa shape index (κ3) is 3.35. The Morgan fingerprint density at radius 2 is 1.89 bits per heavy atom. The molecule has 5 rings (SSSR count). The molecule has 2 aromatic heterocycles. The number of hydrogen-bond acceptors (Lipinski definition) is 8. The van der Waals surface area contributed by atoms with Gasteiger partial charge in [-0.05, 0) is 34.7 Å². The van der Waals surface area contributed by atoms with Crippen LogP contribution in [0.1, 0.15) is 11.7 Å². The number of pyridine rings is 1. The number of hydrogen-bond donors (Lipinski definition) is 1. The molecule has 1 N–H and O–H groups in total. The lowest BCUT2D eigenvalue weighted by Gasteiger charge is -2.18. The minimum absolute atomic E-state index is 0.0671. The number of benzene rings is 1. The molecule has 4 heterocycles. The molecule has 9 heteroatoms. The molecule has 2 fully saturated rings. The number of ether oxygens (including phenoxy) is 3. The van der Waals surface area contributed by atoms with Crippen LogP contribution in [-0.2, 0) is 16.0 Å². The summed E-state index contributed by atoms with van der Waals surface area (Å²) in [5.74, 6) is 0.677. The van der Waals surface area contributed by atoms with Gasteiger partial charge in [-0.3, -0.25) is 4.98 Å². The maximum Gasteiger partial charge on any atom is 0.341 e. The molecule has 0 saturated carbocycles. The van der Waals surface area contributed by atoms with Crippen molar-refractivity contribution in [3.8, 4) is 11.8 Å². The fourth-order valence-electron chi connectivity index (χ4n) is 3.66. The molecule has 0 aliphatic carbocycles. The molecule has 28 heavy (non-hydrogen) atoms. The van der Waals surface area contributed by atoms with E-state index >= 15 is 0 Å². The number of nitrogens with zero attached hydrogens (tertiary/aromatic N) is 5. The normalized spacial score (nSPS) is 26.3. The van der Waals surface area contributed by atoms with E-state index in [2.05, 4.69) is 25.8 Å². The second kappa shape index (κ2) is 7.63. The summed E-state index contributed by atoms with van der Waals surface area (Å²) in [5, 5.41) is 15.4. The maximum atomic E-state index is 6.04. The van der Waals surface area contributed by atoms with Crippen LogP contribution in [-0.4, -0.2) is 56.7 Å². The van der Waals surface area contributed by atoms with Crippen LogP contribution in [0.4, 0.5) is 0 Å². The molecule has 144 valence electrons. The van der Waals surface area contributed by atoms with Crippen molar-refractivity contribution in [2.75, 3.05) is 13.2 Å². The van der Waals surface area contributed by atoms with Crippen molar-refractivity contribution in [1.29, 1.82) is 0 Å². The topological polar surface area (TPSA) is 96.2 Å². The molecule has 3 aromatic rings. The molecule has 2 saturated heterocycles. The van der Waals surface area contributed by atoms with Gasteiger partial charge >= 0.3 is 6.01 Å².